The number of allylic oxidation sites excluding steroid dienone is 1. The Kier molecular flexibility index (Phi) is 3.35. The summed E-state index contributed by atoms with van der Waals surface area (Å²) in [6.07, 6.45) is 10.9. The average Bonchev–Trinajstić information content (AvgIpc) is 2.62. The minimum atomic E-state index is 0.0890. The van der Waals surface area contributed by atoms with Crippen molar-refractivity contribution in [3.8, 4) is 0 Å². The summed E-state index contributed by atoms with van der Waals surface area (Å²) in [5.41, 5.74) is 1.69. The molecular weight excluding hydrogens is 323 g/mol. The highest BCUT2D eigenvalue weighted by Gasteiger charge is 2.57. The predicted molar refractivity (Wildman–Crippen MR) is 78.1 cm³/mol. The van der Waals surface area contributed by atoms with Gasteiger partial charge in [-0.1, -0.05) is 47.4 Å². The van der Waals surface area contributed by atoms with E-state index in [1.165, 1.54) is 44.9 Å². The van der Waals surface area contributed by atoms with Crippen molar-refractivity contribution in [2.24, 2.45) is 17.3 Å². The van der Waals surface area contributed by atoms with Crippen LogP contribution in [0.4, 0.5) is 0 Å². The third-order valence-electron chi connectivity index (χ3n) is 5.48. The Bertz CT molecular complexity index is 360. The van der Waals surface area contributed by atoms with Crippen molar-refractivity contribution in [2.75, 3.05) is 0 Å². The Morgan fingerprint density at radius 2 is 2.00 bits per heavy atom. The molecule has 3 aliphatic carbocycles. The van der Waals surface area contributed by atoms with Gasteiger partial charge in [0.05, 0.1) is 0 Å². The highest BCUT2D eigenvalue weighted by Crippen LogP contribution is 2.61. The molecule has 0 aromatic heterocycles. The summed E-state index contributed by atoms with van der Waals surface area (Å²) in [5.74, 6) is 1.92. The minimum Gasteiger partial charge on any atom is -0.299 e. The number of carbonyl (C=O) groups excluding carboxylic acids is 1. The summed E-state index contributed by atoms with van der Waals surface area (Å²) in [7, 11) is 0. The van der Waals surface area contributed by atoms with Gasteiger partial charge >= 0.3 is 0 Å². The van der Waals surface area contributed by atoms with Crippen molar-refractivity contribution in [1.29, 1.82) is 0 Å². The minimum absolute atomic E-state index is 0.0890. The Balaban J connectivity index is 2.04. The van der Waals surface area contributed by atoms with Crippen LogP contribution in [0.5, 0.6) is 0 Å². The van der Waals surface area contributed by atoms with Crippen LogP contribution in [-0.2, 0) is 4.79 Å². The van der Waals surface area contributed by atoms with Gasteiger partial charge in [-0.15, -0.1) is 0 Å². The van der Waals surface area contributed by atoms with E-state index in [1.807, 2.05) is 0 Å². The molecule has 0 N–H and O–H groups in total. The van der Waals surface area contributed by atoms with Crippen LogP contribution < -0.4 is 0 Å². The summed E-state index contributed by atoms with van der Waals surface area (Å²) < 4.78 is 2.29. The molecule has 0 aromatic rings. The number of carbonyl (C=O) groups is 1. The smallest absolute Gasteiger partial charge is 0.139 e. The zero-order valence-corrected chi connectivity index (χ0v) is 12.5. The molecule has 0 unspecified atom stereocenters. The van der Waals surface area contributed by atoms with E-state index in [9.17, 15) is 4.79 Å². The van der Waals surface area contributed by atoms with Gasteiger partial charge in [-0.2, -0.15) is 0 Å². The van der Waals surface area contributed by atoms with Crippen LogP contribution in [0.2, 0.25) is 0 Å². The summed E-state index contributed by atoms with van der Waals surface area (Å²) >= 11 is 2.39. The van der Waals surface area contributed by atoms with Crippen molar-refractivity contribution in [2.45, 2.75) is 57.8 Å². The van der Waals surface area contributed by atoms with Crippen molar-refractivity contribution < 1.29 is 4.79 Å². The van der Waals surface area contributed by atoms with Crippen molar-refractivity contribution in [1.82, 2.24) is 0 Å². The molecule has 3 fully saturated rings. The lowest BCUT2D eigenvalue weighted by Crippen LogP contribution is -2.41. The van der Waals surface area contributed by atoms with Gasteiger partial charge in [0, 0.05) is 11.8 Å². The lowest BCUT2D eigenvalue weighted by Gasteiger charge is -2.41. The van der Waals surface area contributed by atoms with E-state index < -0.39 is 0 Å². The molecular formula is C15H21IO. The maximum absolute atomic E-state index is 12.7. The van der Waals surface area contributed by atoms with Crippen LogP contribution in [0.3, 0.4) is 0 Å². The molecule has 94 valence electrons. The van der Waals surface area contributed by atoms with Crippen LogP contribution >= 0.6 is 22.6 Å². The zero-order chi connectivity index (χ0) is 11.9. The highest BCUT2D eigenvalue weighted by atomic mass is 127. The average molecular weight is 344 g/mol. The van der Waals surface area contributed by atoms with Crippen LogP contribution in [-0.4, -0.2) is 5.78 Å². The summed E-state index contributed by atoms with van der Waals surface area (Å²) in [6, 6.07) is 0. The quantitative estimate of drug-likeness (QED) is 0.585. The molecule has 1 spiro atoms. The maximum Gasteiger partial charge on any atom is 0.139 e. The Hall–Kier alpha value is 0.140. The number of Topliss-reactive ketones (excluding diaryl/α,β-unsaturated/α-hetero) is 1. The summed E-state index contributed by atoms with van der Waals surface area (Å²) in [6.45, 7) is 0. The fraction of sp³-hybridized carbons (Fsp3) is 0.800. The third-order valence-corrected chi connectivity index (χ3v) is 6.28. The van der Waals surface area contributed by atoms with Gasteiger partial charge in [-0.05, 0) is 48.0 Å². The number of rotatable bonds is 0. The molecule has 3 aliphatic rings. The topological polar surface area (TPSA) is 17.1 Å². The molecule has 0 aliphatic heterocycles. The molecule has 3 atom stereocenters. The monoisotopic (exact) mass is 344 g/mol. The van der Waals surface area contributed by atoms with Crippen LogP contribution in [0.1, 0.15) is 57.8 Å². The molecule has 1 nitrogen and oxygen atoms in total. The van der Waals surface area contributed by atoms with E-state index in [-0.39, 0.29) is 5.41 Å². The zero-order valence-electron chi connectivity index (χ0n) is 10.4. The first kappa shape index (κ1) is 12.2. The Labute approximate surface area is 118 Å². The molecule has 0 heterocycles. The van der Waals surface area contributed by atoms with Gasteiger partial charge < -0.3 is 0 Å². The maximum atomic E-state index is 12.7. The molecule has 0 amide bonds. The number of hydrogen-bond acceptors (Lipinski definition) is 1. The Morgan fingerprint density at radius 1 is 1.18 bits per heavy atom. The first-order valence-corrected chi connectivity index (χ1v) is 8.36. The van der Waals surface area contributed by atoms with E-state index in [4.69, 9.17) is 0 Å². The fourth-order valence-corrected chi connectivity index (χ4v) is 5.45. The van der Waals surface area contributed by atoms with Gasteiger partial charge in [0.1, 0.15) is 5.78 Å². The third kappa shape index (κ3) is 1.73. The van der Waals surface area contributed by atoms with Gasteiger partial charge in [0.2, 0.25) is 0 Å². The van der Waals surface area contributed by atoms with E-state index in [0.29, 0.717) is 17.6 Å². The second-order valence-electron chi connectivity index (χ2n) is 6.09. The lowest BCUT2D eigenvalue weighted by molar-refractivity contribution is -0.134. The molecule has 0 bridgehead atoms. The van der Waals surface area contributed by atoms with E-state index in [1.54, 1.807) is 5.57 Å². The first-order valence-electron chi connectivity index (χ1n) is 7.11. The van der Waals surface area contributed by atoms with Gasteiger partial charge in [-0.3, -0.25) is 4.79 Å². The molecule has 0 radical (unpaired) electrons. The fourth-order valence-electron chi connectivity index (χ4n) is 4.76. The SMILES string of the molecule is O=C1CCCC[C@@H]2C/C(=C\I)[C@H]3CCCC[C@@]123. The second kappa shape index (κ2) is 4.67. The number of halogens is 1. The second-order valence-corrected chi connectivity index (χ2v) is 6.72. The molecule has 3 saturated carbocycles. The number of ketones is 1. The van der Waals surface area contributed by atoms with E-state index in [2.05, 4.69) is 26.7 Å². The highest BCUT2D eigenvalue weighted by molar-refractivity contribution is 14.1. The summed E-state index contributed by atoms with van der Waals surface area (Å²) in [5, 5.41) is 0. The number of hydrogen-bond donors (Lipinski definition) is 0. The molecule has 0 aromatic carbocycles. The molecule has 0 saturated heterocycles. The van der Waals surface area contributed by atoms with Crippen LogP contribution in [0.25, 0.3) is 0 Å². The van der Waals surface area contributed by atoms with E-state index in [0.717, 1.165) is 12.8 Å². The molecule has 3 rings (SSSR count). The molecule has 2 heteroatoms. The van der Waals surface area contributed by atoms with Gasteiger partial charge in [-0.25, -0.2) is 0 Å². The Morgan fingerprint density at radius 3 is 2.82 bits per heavy atom. The normalized spacial score (nSPS) is 44.3. The first-order chi connectivity index (χ1) is 8.29. The van der Waals surface area contributed by atoms with Gasteiger partial charge in [0.15, 0.2) is 0 Å². The van der Waals surface area contributed by atoms with Crippen LogP contribution in [0.15, 0.2) is 9.66 Å². The molecule has 17 heavy (non-hydrogen) atoms. The lowest BCUT2D eigenvalue weighted by atomic mass is 9.61. The van der Waals surface area contributed by atoms with Crippen molar-refractivity contribution >= 4 is 28.4 Å². The largest absolute Gasteiger partial charge is 0.299 e. The standard InChI is InChI=1S/C15H21IO/c16-10-11-9-12-5-1-2-7-14(17)15(12)8-4-3-6-13(11)15/h10,12-13H,1-9H2/b11-10+/t12-,13-,15-/m1/s1. The summed E-state index contributed by atoms with van der Waals surface area (Å²) in [4.78, 5) is 12.7. The van der Waals surface area contributed by atoms with E-state index >= 15 is 0 Å². The van der Waals surface area contributed by atoms with Crippen molar-refractivity contribution in [3.05, 3.63) is 9.66 Å². The van der Waals surface area contributed by atoms with Gasteiger partial charge in [0.25, 0.3) is 0 Å². The van der Waals surface area contributed by atoms with Crippen molar-refractivity contribution in [3.63, 3.8) is 0 Å². The predicted octanol–water partition coefficient (Wildman–Crippen LogP) is 4.64. The van der Waals surface area contributed by atoms with Crippen LogP contribution in [0, 0.1) is 17.3 Å².